The Morgan fingerprint density at radius 1 is 1.32 bits per heavy atom. The second-order valence-corrected chi connectivity index (χ2v) is 5.47. The number of hydrogen-bond acceptors (Lipinski definition) is 6. The minimum atomic E-state index is 0.249. The predicted molar refractivity (Wildman–Crippen MR) is 84.6 cm³/mol. The Bertz CT molecular complexity index is 676. The van der Waals surface area contributed by atoms with E-state index in [1.807, 2.05) is 19.1 Å². The molecule has 1 N–H and O–H groups in total. The molecule has 1 atom stereocenters. The topological polar surface area (TPSA) is 77.7 Å². The van der Waals surface area contributed by atoms with E-state index in [1.165, 1.54) is 0 Å². The summed E-state index contributed by atoms with van der Waals surface area (Å²) in [6, 6.07) is 9.96. The van der Waals surface area contributed by atoms with Crippen LogP contribution < -0.4 is 10.2 Å². The molecular weight excluding hydrogens is 276 g/mol. The van der Waals surface area contributed by atoms with Gasteiger partial charge in [0.05, 0.1) is 11.3 Å². The van der Waals surface area contributed by atoms with Gasteiger partial charge in [0.25, 0.3) is 0 Å². The van der Waals surface area contributed by atoms with Gasteiger partial charge in [0.2, 0.25) is 0 Å². The predicted octanol–water partition coefficient (Wildman–Crippen LogP) is 2.13. The molecule has 3 heterocycles. The minimum Gasteiger partial charge on any atom is -0.364 e. The highest BCUT2D eigenvalue weighted by atomic mass is 15.3. The van der Waals surface area contributed by atoms with Gasteiger partial charge in [-0.3, -0.25) is 0 Å². The van der Waals surface area contributed by atoms with Gasteiger partial charge < -0.3 is 10.2 Å². The summed E-state index contributed by atoms with van der Waals surface area (Å²) >= 11 is 0. The van der Waals surface area contributed by atoms with Crippen LogP contribution in [0, 0.1) is 18.3 Å². The Kier molecular flexibility index (Phi) is 4.15. The molecule has 6 nitrogen and oxygen atoms in total. The molecule has 6 heteroatoms. The van der Waals surface area contributed by atoms with Crippen molar-refractivity contribution in [1.29, 1.82) is 5.26 Å². The second kappa shape index (κ2) is 6.39. The number of aromatic nitrogens is 3. The highest BCUT2D eigenvalue weighted by Crippen LogP contribution is 2.20. The van der Waals surface area contributed by atoms with Crippen LogP contribution in [0.4, 0.5) is 11.6 Å². The van der Waals surface area contributed by atoms with Gasteiger partial charge in [0.1, 0.15) is 11.9 Å². The number of rotatable bonds is 3. The number of aryl methyl sites for hydroxylation is 1. The van der Waals surface area contributed by atoms with E-state index in [9.17, 15) is 0 Å². The first-order valence-electron chi connectivity index (χ1n) is 7.43. The largest absolute Gasteiger partial charge is 0.364 e. The summed E-state index contributed by atoms with van der Waals surface area (Å²) in [4.78, 5) is 6.50. The highest BCUT2D eigenvalue weighted by Gasteiger charge is 2.22. The lowest BCUT2D eigenvalue weighted by Gasteiger charge is -2.34. The van der Waals surface area contributed by atoms with Crippen molar-refractivity contribution >= 4 is 11.6 Å². The average Bonchev–Trinajstić information content (AvgIpc) is 2.56. The fourth-order valence-corrected chi connectivity index (χ4v) is 2.67. The fourth-order valence-electron chi connectivity index (χ4n) is 2.67. The molecule has 1 aliphatic heterocycles. The third-order valence-corrected chi connectivity index (χ3v) is 3.80. The SMILES string of the molecule is Cc1ccc(N2CCCC(Nc3ncccc3C#N)C2)nn1. The molecule has 1 fully saturated rings. The van der Waals surface area contributed by atoms with Crippen molar-refractivity contribution < 1.29 is 0 Å². The molecule has 0 saturated carbocycles. The molecule has 1 aliphatic rings. The Labute approximate surface area is 129 Å². The lowest BCUT2D eigenvalue weighted by molar-refractivity contribution is 0.524. The zero-order chi connectivity index (χ0) is 15.4. The van der Waals surface area contributed by atoms with E-state index in [0.29, 0.717) is 11.4 Å². The summed E-state index contributed by atoms with van der Waals surface area (Å²) in [5, 5.41) is 20.9. The summed E-state index contributed by atoms with van der Waals surface area (Å²) in [6.45, 7) is 3.74. The van der Waals surface area contributed by atoms with Crippen LogP contribution >= 0.6 is 0 Å². The molecule has 0 aromatic carbocycles. The van der Waals surface area contributed by atoms with E-state index in [4.69, 9.17) is 5.26 Å². The van der Waals surface area contributed by atoms with Crippen molar-refractivity contribution in [3.05, 3.63) is 41.7 Å². The molecule has 0 amide bonds. The van der Waals surface area contributed by atoms with E-state index in [1.54, 1.807) is 18.3 Å². The minimum absolute atomic E-state index is 0.249. The standard InChI is InChI=1S/C16H18N6/c1-12-6-7-15(21-20-12)22-9-3-5-14(11-22)19-16-13(10-17)4-2-8-18-16/h2,4,6-8,14H,3,5,9,11H2,1H3,(H,18,19). The lowest BCUT2D eigenvalue weighted by atomic mass is 10.1. The maximum Gasteiger partial charge on any atom is 0.151 e. The Morgan fingerprint density at radius 3 is 3.00 bits per heavy atom. The fraction of sp³-hybridized carbons (Fsp3) is 0.375. The van der Waals surface area contributed by atoms with Crippen molar-refractivity contribution in [2.24, 2.45) is 0 Å². The molecule has 3 rings (SSSR count). The third-order valence-electron chi connectivity index (χ3n) is 3.80. The summed E-state index contributed by atoms with van der Waals surface area (Å²) in [7, 11) is 0. The van der Waals surface area contributed by atoms with Crippen LogP contribution in [0.5, 0.6) is 0 Å². The van der Waals surface area contributed by atoms with Crippen LogP contribution in [0.25, 0.3) is 0 Å². The molecule has 2 aromatic heterocycles. The van der Waals surface area contributed by atoms with E-state index in [0.717, 1.165) is 37.4 Å². The second-order valence-electron chi connectivity index (χ2n) is 5.47. The van der Waals surface area contributed by atoms with Gasteiger partial charge in [-0.15, -0.1) is 5.10 Å². The number of hydrogen-bond donors (Lipinski definition) is 1. The van der Waals surface area contributed by atoms with Crippen molar-refractivity contribution in [2.45, 2.75) is 25.8 Å². The van der Waals surface area contributed by atoms with Gasteiger partial charge in [-0.2, -0.15) is 10.4 Å². The quantitative estimate of drug-likeness (QED) is 0.934. The van der Waals surface area contributed by atoms with Gasteiger partial charge >= 0.3 is 0 Å². The third kappa shape index (κ3) is 3.14. The Morgan fingerprint density at radius 2 is 2.23 bits per heavy atom. The van der Waals surface area contributed by atoms with E-state index in [2.05, 4.69) is 31.5 Å². The van der Waals surface area contributed by atoms with E-state index in [-0.39, 0.29) is 6.04 Å². The zero-order valence-corrected chi connectivity index (χ0v) is 12.5. The van der Waals surface area contributed by atoms with Gasteiger partial charge in [-0.25, -0.2) is 4.98 Å². The molecule has 0 radical (unpaired) electrons. The maximum absolute atomic E-state index is 9.15. The van der Waals surface area contributed by atoms with Crippen molar-refractivity contribution in [3.63, 3.8) is 0 Å². The van der Waals surface area contributed by atoms with Crippen molar-refractivity contribution in [3.8, 4) is 6.07 Å². The Hall–Kier alpha value is -2.68. The number of anilines is 2. The maximum atomic E-state index is 9.15. The molecule has 22 heavy (non-hydrogen) atoms. The lowest BCUT2D eigenvalue weighted by Crippen LogP contribution is -2.42. The van der Waals surface area contributed by atoms with Crippen LogP contribution in [0.2, 0.25) is 0 Å². The normalized spacial score (nSPS) is 17.8. The molecule has 0 spiro atoms. The highest BCUT2D eigenvalue weighted by molar-refractivity contribution is 5.52. The van der Waals surface area contributed by atoms with Crippen molar-refractivity contribution in [2.75, 3.05) is 23.3 Å². The first-order valence-corrected chi connectivity index (χ1v) is 7.43. The summed E-state index contributed by atoms with van der Waals surface area (Å²) in [6.07, 6.45) is 3.83. The molecule has 112 valence electrons. The Balaban J connectivity index is 1.71. The molecule has 1 unspecified atom stereocenters. The monoisotopic (exact) mass is 294 g/mol. The molecular formula is C16H18N6. The molecule has 0 bridgehead atoms. The van der Waals surface area contributed by atoms with Crippen LogP contribution in [0.3, 0.4) is 0 Å². The van der Waals surface area contributed by atoms with Crippen molar-refractivity contribution in [1.82, 2.24) is 15.2 Å². The smallest absolute Gasteiger partial charge is 0.151 e. The van der Waals surface area contributed by atoms with Gasteiger partial charge in [-0.1, -0.05) is 0 Å². The molecule has 1 saturated heterocycles. The molecule has 0 aliphatic carbocycles. The van der Waals surface area contributed by atoms with Gasteiger partial charge in [0.15, 0.2) is 5.82 Å². The first-order chi connectivity index (χ1) is 10.8. The number of pyridine rings is 1. The van der Waals surface area contributed by atoms with Crippen LogP contribution in [0.1, 0.15) is 24.1 Å². The first kappa shape index (κ1) is 14.3. The van der Waals surface area contributed by atoms with E-state index < -0.39 is 0 Å². The van der Waals surface area contributed by atoms with Gasteiger partial charge in [-0.05, 0) is 44.0 Å². The molecule has 2 aromatic rings. The van der Waals surface area contributed by atoms with E-state index >= 15 is 0 Å². The number of nitriles is 1. The average molecular weight is 294 g/mol. The van der Waals surface area contributed by atoms with Crippen LogP contribution in [-0.4, -0.2) is 34.3 Å². The number of nitrogens with zero attached hydrogens (tertiary/aromatic N) is 5. The summed E-state index contributed by atoms with van der Waals surface area (Å²) in [5.41, 5.74) is 1.50. The number of nitrogens with one attached hydrogen (secondary N) is 1. The van der Waals surface area contributed by atoms with Crippen LogP contribution in [-0.2, 0) is 0 Å². The van der Waals surface area contributed by atoms with Crippen LogP contribution in [0.15, 0.2) is 30.5 Å². The summed E-state index contributed by atoms with van der Waals surface area (Å²) < 4.78 is 0. The van der Waals surface area contributed by atoms with Gasteiger partial charge in [0, 0.05) is 25.3 Å². The number of piperidine rings is 1. The summed E-state index contributed by atoms with van der Waals surface area (Å²) in [5.74, 6) is 1.56. The zero-order valence-electron chi connectivity index (χ0n) is 12.5.